The van der Waals surface area contributed by atoms with Gasteiger partial charge in [-0.15, -0.1) is 0 Å². The summed E-state index contributed by atoms with van der Waals surface area (Å²) in [6.07, 6.45) is 4.34. The summed E-state index contributed by atoms with van der Waals surface area (Å²) in [6, 6.07) is 4.76. The Kier molecular flexibility index (Phi) is 3.95. The summed E-state index contributed by atoms with van der Waals surface area (Å²) in [5.41, 5.74) is 12.8. The molecule has 116 valence electrons. The fourth-order valence-corrected chi connectivity index (χ4v) is 2.36. The second kappa shape index (κ2) is 5.55. The number of nitrogens with two attached hydrogens (primary N) is 2. The van der Waals surface area contributed by atoms with Gasteiger partial charge in [-0.25, -0.2) is 4.79 Å². The summed E-state index contributed by atoms with van der Waals surface area (Å²) >= 11 is 0. The molecule has 1 atom stereocenters. The number of rotatable bonds is 4. The van der Waals surface area contributed by atoms with E-state index >= 15 is 0 Å². The van der Waals surface area contributed by atoms with Gasteiger partial charge in [-0.05, 0) is 49.1 Å². The van der Waals surface area contributed by atoms with Crippen LogP contribution in [-0.4, -0.2) is 22.2 Å². The number of anilines is 1. The van der Waals surface area contributed by atoms with E-state index in [1.807, 2.05) is 6.08 Å². The summed E-state index contributed by atoms with van der Waals surface area (Å²) < 4.78 is 0. The molecule has 0 radical (unpaired) electrons. The highest BCUT2D eigenvalue weighted by molar-refractivity contribution is 5.93. The highest BCUT2D eigenvalue weighted by Gasteiger charge is 2.36. The molecule has 0 amide bonds. The molecule has 1 aromatic rings. The van der Waals surface area contributed by atoms with Crippen molar-refractivity contribution >= 4 is 17.6 Å². The topological polar surface area (TPSA) is 127 Å². The van der Waals surface area contributed by atoms with Crippen molar-refractivity contribution in [1.82, 2.24) is 0 Å². The molecule has 1 aromatic carbocycles. The zero-order valence-electron chi connectivity index (χ0n) is 12.2. The van der Waals surface area contributed by atoms with Crippen molar-refractivity contribution in [2.24, 2.45) is 11.1 Å². The van der Waals surface area contributed by atoms with Crippen molar-refractivity contribution in [1.29, 1.82) is 0 Å². The zero-order valence-corrected chi connectivity index (χ0v) is 12.2. The van der Waals surface area contributed by atoms with E-state index in [0.717, 1.165) is 11.1 Å². The van der Waals surface area contributed by atoms with Crippen LogP contribution < -0.4 is 11.5 Å². The van der Waals surface area contributed by atoms with Crippen LogP contribution in [0, 0.1) is 5.41 Å². The van der Waals surface area contributed by atoms with Crippen LogP contribution >= 0.6 is 0 Å². The molecule has 6 nitrogen and oxygen atoms in total. The Bertz CT molecular complexity index is 706. The van der Waals surface area contributed by atoms with E-state index in [0.29, 0.717) is 18.5 Å². The maximum absolute atomic E-state index is 11.3. The van der Waals surface area contributed by atoms with Crippen molar-refractivity contribution in [3.05, 3.63) is 52.7 Å². The van der Waals surface area contributed by atoms with E-state index in [9.17, 15) is 14.7 Å². The summed E-state index contributed by atoms with van der Waals surface area (Å²) in [7, 11) is 0. The van der Waals surface area contributed by atoms with E-state index in [-0.39, 0.29) is 11.3 Å². The molecule has 0 spiro atoms. The van der Waals surface area contributed by atoms with Crippen molar-refractivity contribution in [2.45, 2.75) is 19.8 Å². The maximum Gasteiger partial charge on any atom is 0.337 e. The largest absolute Gasteiger partial charge is 0.481 e. The number of carboxylic acids is 2. The Morgan fingerprint density at radius 2 is 1.95 bits per heavy atom. The molecule has 1 aliphatic rings. The molecule has 0 heterocycles. The predicted octanol–water partition coefficient (Wildman–Crippen LogP) is 1.77. The smallest absolute Gasteiger partial charge is 0.337 e. The maximum atomic E-state index is 11.3. The Hall–Kier alpha value is -2.76. The van der Waals surface area contributed by atoms with Gasteiger partial charge in [0.1, 0.15) is 5.41 Å². The van der Waals surface area contributed by atoms with Gasteiger partial charge in [0.25, 0.3) is 0 Å². The number of hydrogen-bond acceptors (Lipinski definition) is 4. The summed E-state index contributed by atoms with van der Waals surface area (Å²) in [5, 5.41) is 18.2. The normalized spacial score (nSPS) is 21.0. The van der Waals surface area contributed by atoms with E-state index in [1.54, 1.807) is 25.1 Å². The van der Waals surface area contributed by atoms with Gasteiger partial charge in [0.05, 0.1) is 5.56 Å². The van der Waals surface area contributed by atoms with Crippen LogP contribution in [0.2, 0.25) is 0 Å². The van der Waals surface area contributed by atoms with E-state index < -0.39 is 17.4 Å². The number of benzene rings is 1. The lowest BCUT2D eigenvalue weighted by atomic mass is 9.78. The molecule has 0 saturated heterocycles. The number of carboxylic acid groups (broad SMARTS) is 2. The van der Waals surface area contributed by atoms with Crippen molar-refractivity contribution < 1.29 is 19.8 Å². The Morgan fingerprint density at radius 1 is 1.27 bits per heavy atom. The predicted molar refractivity (Wildman–Crippen MR) is 82.2 cm³/mol. The fourth-order valence-electron chi connectivity index (χ4n) is 2.36. The van der Waals surface area contributed by atoms with Gasteiger partial charge in [0, 0.05) is 11.4 Å². The fraction of sp³-hybridized carbons (Fsp3) is 0.250. The lowest BCUT2D eigenvalue weighted by molar-refractivity contribution is -0.145. The molecule has 0 aromatic heterocycles. The minimum absolute atomic E-state index is 0.0647. The van der Waals surface area contributed by atoms with Crippen LogP contribution in [0.5, 0.6) is 0 Å². The Balaban J connectivity index is 2.20. The van der Waals surface area contributed by atoms with E-state index in [4.69, 9.17) is 16.6 Å². The lowest BCUT2D eigenvalue weighted by Crippen LogP contribution is -2.34. The second-order valence-electron chi connectivity index (χ2n) is 5.62. The number of carbonyl (C=O) groups is 2. The molecule has 2 rings (SSSR count). The van der Waals surface area contributed by atoms with Gasteiger partial charge in [-0.2, -0.15) is 0 Å². The van der Waals surface area contributed by atoms with Gasteiger partial charge in [-0.1, -0.05) is 12.1 Å². The van der Waals surface area contributed by atoms with Crippen LogP contribution in [-0.2, 0) is 11.2 Å². The second-order valence-corrected chi connectivity index (χ2v) is 5.62. The molecule has 6 heteroatoms. The molecule has 0 saturated carbocycles. The number of allylic oxidation sites excluding steroid dienone is 3. The third-order valence-corrected chi connectivity index (χ3v) is 3.98. The minimum atomic E-state index is -1.07. The molecule has 1 aliphatic carbocycles. The molecular weight excluding hydrogens is 284 g/mol. The van der Waals surface area contributed by atoms with Gasteiger partial charge in [0.15, 0.2) is 0 Å². The molecule has 1 unspecified atom stereocenters. The third kappa shape index (κ3) is 2.81. The van der Waals surface area contributed by atoms with Gasteiger partial charge in [-0.3, -0.25) is 4.79 Å². The summed E-state index contributed by atoms with van der Waals surface area (Å²) in [6.45, 7) is 1.59. The first kappa shape index (κ1) is 15.6. The van der Waals surface area contributed by atoms with E-state index in [2.05, 4.69) is 0 Å². The van der Waals surface area contributed by atoms with Gasteiger partial charge < -0.3 is 21.7 Å². The quantitative estimate of drug-likeness (QED) is 0.628. The summed E-state index contributed by atoms with van der Waals surface area (Å²) in [5.74, 6) is -2.02. The first-order valence-electron chi connectivity index (χ1n) is 6.76. The van der Waals surface area contributed by atoms with Crippen LogP contribution in [0.15, 0.2) is 41.6 Å². The molecule has 0 aliphatic heterocycles. The highest BCUT2D eigenvalue weighted by Crippen LogP contribution is 2.34. The van der Waals surface area contributed by atoms with Crippen molar-refractivity contribution in [3.63, 3.8) is 0 Å². The Morgan fingerprint density at radius 3 is 2.45 bits per heavy atom. The first-order chi connectivity index (χ1) is 10.2. The average molecular weight is 302 g/mol. The Labute approximate surface area is 127 Å². The average Bonchev–Trinajstić information content (AvgIpc) is 2.42. The zero-order chi connectivity index (χ0) is 16.5. The molecule has 6 N–H and O–H groups in total. The van der Waals surface area contributed by atoms with Crippen LogP contribution in [0.25, 0.3) is 0 Å². The van der Waals surface area contributed by atoms with Crippen LogP contribution in [0.4, 0.5) is 5.69 Å². The van der Waals surface area contributed by atoms with Crippen molar-refractivity contribution in [2.75, 3.05) is 5.73 Å². The number of nitrogen functional groups attached to an aromatic ring is 1. The standard InChI is InChI=1S/C16H18N2O4/c1-16(15(21)22)5-4-10(8-13(16)18)6-9-2-3-11(14(19)20)12(17)7-9/h2-4,7-8H,5-6,17-18H2,1H3,(H,19,20)(H,21,22). The number of aliphatic carboxylic acids is 1. The van der Waals surface area contributed by atoms with E-state index in [1.165, 1.54) is 6.07 Å². The molecule has 0 fully saturated rings. The number of aromatic carboxylic acids is 1. The number of hydrogen-bond donors (Lipinski definition) is 4. The summed E-state index contributed by atoms with van der Waals surface area (Å²) in [4.78, 5) is 22.2. The third-order valence-electron chi connectivity index (χ3n) is 3.98. The minimum Gasteiger partial charge on any atom is -0.481 e. The van der Waals surface area contributed by atoms with Crippen molar-refractivity contribution in [3.8, 4) is 0 Å². The molecular formula is C16H18N2O4. The van der Waals surface area contributed by atoms with Crippen LogP contribution in [0.1, 0.15) is 29.3 Å². The molecule has 22 heavy (non-hydrogen) atoms. The van der Waals surface area contributed by atoms with Gasteiger partial charge >= 0.3 is 11.9 Å². The molecule has 0 bridgehead atoms. The SMILES string of the molecule is CC1(C(=O)O)CC=C(Cc2ccc(C(=O)O)c(N)c2)C=C1N. The van der Waals surface area contributed by atoms with Crippen LogP contribution in [0.3, 0.4) is 0 Å². The van der Waals surface area contributed by atoms with Gasteiger partial charge in [0.2, 0.25) is 0 Å². The first-order valence-corrected chi connectivity index (χ1v) is 6.76. The lowest BCUT2D eigenvalue weighted by Gasteiger charge is -2.28. The monoisotopic (exact) mass is 302 g/mol. The highest BCUT2D eigenvalue weighted by atomic mass is 16.4.